The molecule has 0 amide bonds. The van der Waals surface area contributed by atoms with Gasteiger partial charge in [0.1, 0.15) is 4.32 Å². The zero-order valence-corrected chi connectivity index (χ0v) is 8.13. The highest BCUT2D eigenvalue weighted by atomic mass is 32.1. The zero-order valence-electron chi connectivity index (χ0n) is 6.42. The molecule has 0 heterocycles. The molecule has 0 saturated carbocycles. The van der Waals surface area contributed by atoms with Gasteiger partial charge < -0.3 is 10.2 Å². The third-order valence-electron chi connectivity index (χ3n) is 1.25. The molecule has 0 aromatic rings. The van der Waals surface area contributed by atoms with Crippen LogP contribution in [0.5, 0.6) is 0 Å². The van der Waals surface area contributed by atoms with Gasteiger partial charge in [0.25, 0.3) is 0 Å². The van der Waals surface area contributed by atoms with Gasteiger partial charge in [0.2, 0.25) is 0 Å². The molecule has 0 atom stereocenters. The zero-order chi connectivity index (χ0) is 7.98. The summed E-state index contributed by atoms with van der Waals surface area (Å²) in [4.78, 5) is 1.95. The highest BCUT2D eigenvalue weighted by molar-refractivity contribution is 8.10. The van der Waals surface area contributed by atoms with Gasteiger partial charge in [-0.25, -0.2) is 0 Å². The Labute approximate surface area is 73.4 Å². The van der Waals surface area contributed by atoms with E-state index in [1.807, 2.05) is 19.0 Å². The van der Waals surface area contributed by atoms with E-state index < -0.39 is 0 Å². The first kappa shape index (κ1) is 10.2. The van der Waals surface area contributed by atoms with Crippen LogP contribution in [0.2, 0.25) is 0 Å². The van der Waals surface area contributed by atoms with E-state index in [1.165, 1.54) is 0 Å². The lowest BCUT2D eigenvalue weighted by Gasteiger charge is -2.15. The normalized spacial score (nSPS) is 9.50. The van der Waals surface area contributed by atoms with Gasteiger partial charge in [0, 0.05) is 13.6 Å². The number of nitrogens with one attached hydrogen (secondary N) is 1. The minimum absolute atomic E-state index is 0.663. The van der Waals surface area contributed by atoms with Crippen molar-refractivity contribution < 1.29 is 0 Å². The Hall–Kier alpha value is 0.200. The molecule has 0 fully saturated rings. The molecule has 0 aliphatic heterocycles. The van der Waals surface area contributed by atoms with E-state index in [4.69, 9.17) is 12.2 Å². The SMILES string of the molecule is CNCCCN(C)C(=S)S. The standard InChI is InChI=1S/C6H14N2S2/c1-7-4-3-5-8(2)6(9)10/h7H,3-5H2,1-2H3,(H,9,10). The molecule has 0 bridgehead atoms. The highest BCUT2D eigenvalue weighted by Gasteiger charge is 1.96. The van der Waals surface area contributed by atoms with E-state index in [0.29, 0.717) is 4.32 Å². The highest BCUT2D eigenvalue weighted by Crippen LogP contribution is 1.93. The number of hydrogen-bond acceptors (Lipinski definition) is 2. The van der Waals surface area contributed by atoms with Crippen molar-refractivity contribution in [3.63, 3.8) is 0 Å². The van der Waals surface area contributed by atoms with E-state index in [-0.39, 0.29) is 0 Å². The fourth-order valence-electron chi connectivity index (χ4n) is 0.589. The topological polar surface area (TPSA) is 15.3 Å². The molecule has 0 saturated heterocycles. The van der Waals surface area contributed by atoms with Crippen molar-refractivity contribution in [3.05, 3.63) is 0 Å². The molecule has 10 heavy (non-hydrogen) atoms. The van der Waals surface area contributed by atoms with Gasteiger partial charge in [-0.2, -0.15) is 0 Å². The van der Waals surface area contributed by atoms with Gasteiger partial charge in [0.15, 0.2) is 0 Å². The summed E-state index contributed by atoms with van der Waals surface area (Å²) in [6.07, 6.45) is 1.10. The summed E-state index contributed by atoms with van der Waals surface area (Å²) < 4.78 is 0.663. The summed E-state index contributed by atoms with van der Waals surface area (Å²) in [5.74, 6) is 0. The number of nitrogens with zero attached hydrogens (tertiary/aromatic N) is 1. The first-order valence-corrected chi connectivity index (χ1v) is 4.12. The maximum Gasteiger partial charge on any atom is 0.133 e. The molecule has 1 N–H and O–H groups in total. The Kier molecular flexibility index (Phi) is 6.06. The molecule has 2 nitrogen and oxygen atoms in total. The summed E-state index contributed by atoms with van der Waals surface area (Å²) in [6, 6.07) is 0. The average molecular weight is 178 g/mol. The summed E-state index contributed by atoms with van der Waals surface area (Å²) in [7, 11) is 3.89. The van der Waals surface area contributed by atoms with Gasteiger partial charge in [-0.1, -0.05) is 12.2 Å². The van der Waals surface area contributed by atoms with Crippen LogP contribution in [0, 0.1) is 0 Å². The molecule has 0 spiro atoms. The average Bonchev–Trinajstić information content (AvgIpc) is 1.88. The summed E-state index contributed by atoms with van der Waals surface area (Å²) in [5, 5.41) is 3.07. The molecular formula is C6H14N2S2. The monoisotopic (exact) mass is 178 g/mol. The van der Waals surface area contributed by atoms with Crippen LogP contribution in [-0.4, -0.2) is 36.4 Å². The van der Waals surface area contributed by atoms with Crippen molar-refractivity contribution in [3.8, 4) is 0 Å². The van der Waals surface area contributed by atoms with Gasteiger partial charge >= 0.3 is 0 Å². The maximum absolute atomic E-state index is 4.84. The van der Waals surface area contributed by atoms with Gasteiger partial charge in [-0.3, -0.25) is 0 Å². The van der Waals surface area contributed by atoms with Gasteiger partial charge in [-0.15, -0.1) is 12.6 Å². The molecular weight excluding hydrogens is 164 g/mol. The van der Waals surface area contributed by atoms with E-state index in [2.05, 4.69) is 17.9 Å². The first-order valence-electron chi connectivity index (χ1n) is 3.27. The first-order chi connectivity index (χ1) is 4.68. The second-order valence-corrected chi connectivity index (χ2v) is 3.27. The minimum atomic E-state index is 0.663. The molecule has 0 aliphatic rings. The van der Waals surface area contributed by atoms with Gasteiger partial charge in [-0.05, 0) is 20.0 Å². The molecule has 0 aliphatic carbocycles. The second-order valence-electron chi connectivity index (χ2n) is 2.16. The van der Waals surface area contributed by atoms with Crippen molar-refractivity contribution in [2.45, 2.75) is 6.42 Å². The van der Waals surface area contributed by atoms with Crippen molar-refractivity contribution >= 4 is 29.2 Å². The van der Waals surface area contributed by atoms with Crippen LogP contribution in [0.4, 0.5) is 0 Å². The van der Waals surface area contributed by atoms with Crippen LogP contribution in [-0.2, 0) is 0 Å². The maximum atomic E-state index is 4.84. The smallest absolute Gasteiger partial charge is 0.133 e. The van der Waals surface area contributed by atoms with E-state index in [0.717, 1.165) is 19.5 Å². The molecule has 0 rings (SSSR count). The Morgan fingerprint density at radius 3 is 2.70 bits per heavy atom. The third-order valence-corrected chi connectivity index (χ3v) is 1.90. The molecule has 0 radical (unpaired) electrons. The van der Waals surface area contributed by atoms with E-state index in [1.54, 1.807) is 0 Å². The fourth-order valence-corrected chi connectivity index (χ4v) is 0.780. The molecule has 0 aromatic heterocycles. The largest absolute Gasteiger partial charge is 0.361 e. The minimum Gasteiger partial charge on any atom is -0.361 e. The summed E-state index contributed by atoms with van der Waals surface area (Å²) >= 11 is 8.87. The lowest BCUT2D eigenvalue weighted by Crippen LogP contribution is -2.24. The lowest BCUT2D eigenvalue weighted by molar-refractivity contribution is 0.497. The molecule has 60 valence electrons. The number of thiocarbonyl (C=S) groups is 1. The van der Waals surface area contributed by atoms with Crippen molar-refractivity contribution in [2.24, 2.45) is 0 Å². The van der Waals surface area contributed by atoms with E-state index >= 15 is 0 Å². The Morgan fingerprint density at radius 1 is 1.70 bits per heavy atom. The van der Waals surface area contributed by atoms with Crippen LogP contribution in [0.1, 0.15) is 6.42 Å². The van der Waals surface area contributed by atoms with Crippen molar-refractivity contribution in [1.82, 2.24) is 10.2 Å². The van der Waals surface area contributed by atoms with Crippen LogP contribution >= 0.6 is 24.8 Å². The molecule has 0 unspecified atom stereocenters. The third kappa shape index (κ3) is 5.02. The fraction of sp³-hybridized carbons (Fsp3) is 0.833. The molecule has 0 aromatic carbocycles. The number of hydrogen-bond donors (Lipinski definition) is 2. The van der Waals surface area contributed by atoms with Gasteiger partial charge in [0.05, 0.1) is 0 Å². The van der Waals surface area contributed by atoms with E-state index in [9.17, 15) is 0 Å². The summed E-state index contributed by atoms with van der Waals surface area (Å²) in [6.45, 7) is 2.00. The lowest BCUT2D eigenvalue weighted by atomic mass is 10.4. The van der Waals surface area contributed by atoms with Crippen molar-refractivity contribution in [2.75, 3.05) is 27.2 Å². The second kappa shape index (κ2) is 5.95. The number of rotatable bonds is 4. The van der Waals surface area contributed by atoms with Crippen LogP contribution in [0.15, 0.2) is 0 Å². The predicted molar refractivity (Wildman–Crippen MR) is 52.8 cm³/mol. The molecule has 4 heteroatoms. The summed E-state index contributed by atoms with van der Waals surface area (Å²) in [5.41, 5.74) is 0. The van der Waals surface area contributed by atoms with Crippen LogP contribution < -0.4 is 5.32 Å². The van der Waals surface area contributed by atoms with Crippen molar-refractivity contribution in [1.29, 1.82) is 0 Å². The predicted octanol–water partition coefficient (Wildman–Crippen LogP) is 0.742. The Bertz CT molecular complexity index is 106. The van der Waals surface area contributed by atoms with Crippen LogP contribution in [0.25, 0.3) is 0 Å². The Balaban J connectivity index is 3.21. The van der Waals surface area contributed by atoms with Crippen LogP contribution in [0.3, 0.4) is 0 Å². The quantitative estimate of drug-likeness (QED) is 0.375. The number of thiol groups is 1. The Morgan fingerprint density at radius 2 is 2.30 bits per heavy atom.